The minimum absolute atomic E-state index is 0.101. The predicted octanol–water partition coefficient (Wildman–Crippen LogP) is 2.67. The van der Waals surface area contributed by atoms with Gasteiger partial charge in [0.15, 0.2) is 0 Å². The number of piperazine rings is 1. The third-order valence-electron chi connectivity index (χ3n) is 6.69. The lowest BCUT2D eigenvalue weighted by atomic mass is 9.97. The molecule has 0 bridgehead atoms. The van der Waals surface area contributed by atoms with Crippen molar-refractivity contribution in [1.82, 2.24) is 19.8 Å². The van der Waals surface area contributed by atoms with Gasteiger partial charge in [-0.25, -0.2) is 4.98 Å². The highest BCUT2D eigenvalue weighted by molar-refractivity contribution is 5.97. The summed E-state index contributed by atoms with van der Waals surface area (Å²) in [6.07, 6.45) is 4.56. The van der Waals surface area contributed by atoms with Gasteiger partial charge in [0.2, 0.25) is 5.96 Å². The summed E-state index contributed by atoms with van der Waals surface area (Å²) >= 11 is 0. The lowest BCUT2D eigenvalue weighted by Crippen LogP contribution is -2.44. The topological polar surface area (TPSA) is 104 Å². The molecule has 2 aromatic rings. The number of carbonyl (C=O) groups is 1. The number of likely N-dealkylation sites (N-methyl/N-ethyl adjacent to an activating group) is 1. The first kappa shape index (κ1) is 22.8. The Labute approximate surface area is 195 Å². The summed E-state index contributed by atoms with van der Waals surface area (Å²) in [6.45, 7) is 12.9. The quantitative estimate of drug-likeness (QED) is 0.462. The number of carbonyl (C=O) groups excluding carboxylic acids is 1. The van der Waals surface area contributed by atoms with Gasteiger partial charge in [0, 0.05) is 38.3 Å². The van der Waals surface area contributed by atoms with Crippen LogP contribution in [0.3, 0.4) is 0 Å². The molecule has 4 N–H and O–H groups in total. The van der Waals surface area contributed by atoms with Gasteiger partial charge in [-0.05, 0) is 31.2 Å². The van der Waals surface area contributed by atoms with Crippen LogP contribution in [0.25, 0.3) is 6.08 Å². The van der Waals surface area contributed by atoms with Crippen LogP contribution in [0.5, 0.6) is 0 Å². The molecule has 0 spiro atoms. The highest BCUT2D eigenvalue weighted by atomic mass is 16.2. The van der Waals surface area contributed by atoms with Crippen molar-refractivity contribution in [3.05, 3.63) is 42.2 Å². The molecule has 0 aliphatic carbocycles. The number of hydrogen-bond acceptors (Lipinski definition) is 5. The molecule has 2 aromatic heterocycles. The minimum atomic E-state index is -0.105. The van der Waals surface area contributed by atoms with Crippen molar-refractivity contribution < 1.29 is 4.79 Å². The summed E-state index contributed by atoms with van der Waals surface area (Å²) in [5.41, 5.74) is 8.73. The van der Waals surface area contributed by atoms with Crippen LogP contribution in [0.4, 0.5) is 17.3 Å². The van der Waals surface area contributed by atoms with Gasteiger partial charge in [0.05, 0.1) is 17.9 Å². The van der Waals surface area contributed by atoms with E-state index in [1.54, 1.807) is 6.08 Å². The normalized spacial score (nSPS) is 20.2. The average molecular weight is 451 g/mol. The molecule has 4 rings (SSSR count). The second kappa shape index (κ2) is 9.66. The standard InChI is InChI=1S/C24H34N8O/c1-5-16(3)20-15-27-23(33)19-13-17(6-2)22(32(19)20)29-24(25)28-21-8-7-18(14-26-21)31-11-9-30(4)10-12-31/h6-8,13-14,16,20H,2,5,9-12,15H2,1,3-4H3,(H,27,33)(H3,25,26,28,29)/t16?,20-/m1/s1. The van der Waals surface area contributed by atoms with E-state index in [0.717, 1.165) is 43.9 Å². The van der Waals surface area contributed by atoms with E-state index in [4.69, 9.17) is 5.73 Å². The van der Waals surface area contributed by atoms with Crippen molar-refractivity contribution in [1.29, 1.82) is 0 Å². The van der Waals surface area contributed by atoms with Crippen LogP contribution in [0.15, 0.2) is 36.0 Å². The first-order valence-electron chi connectivity index (χ1n) is 11.6. The molecule has 9 heteroatoms. The number of pyridine rings is 1. The Hall–Kier alpha value is -3.33. The minimum Gasteiger partial charge on any atom is -0.369 e. The van der Waals surface area contributed by atoms with Crippen LogP contribution >= 0.6 is 0 Å². The zero-order chi connectivity index (χ0) is 23.5. The van der Waals surface area contributed by atoms with E-state index in [-0.39, 0.29) is 17.9 Å². The van der Waals surface area contributed by atoms with Crippen LogP contribution in [0.1, 0.15) is 42.4 Å². The fourth-order valence-corrected chi connectivity index (χ4v) is 4.41. The van der Waals surface area contributed by atoms with Gasteiger partial charge in [0.1, 0.15) is 17.3 Å². The van der Waals surface area contributed by atoms with E-state index in [0.29, 0.717) is 29.8 Å². The molecule has 1 unspecified atom stereocenters. The van der Waals surface area contributed by atoms with Crippen molar-refractivity contribution in [3.63, 3.8) is 0 Å². The average Bonchev–Trinajstić information content (AvgIpc) is 3.19. The number of hydrogen-bond donors (Lipinski definition) is 3. The second-order valence-electron chi connectivity index (χ2n) is 8.86. The Bertz CT molecular complexity index is 1030. The molecule has 2 atom stereocenters. The molecule has 9 nitrogen and oxygen atoms in total. The summed E-state index contributed by atoms with van der Waals surface area (Å²) in [4.78, 5) is 26.3. The van der Waals surface area contributed by atoms with Crippen LogP contribution in [-0.4, -0.2) is 66.1 Å². The Kier molecular flexibility index (Phi) is 6.69. The molecule has 1 amide bonds. The number of aliphatic imine (C=N–C) groups is 1. The van der Waals surface area contributed by atoms with Crippen LogP contribution in [0, 0.1) is 5.92 Å². The van der Waals surface area contributed by atoms with Gasteiger partial charge in [-0.3, -0.25) is 4.79 Å². The maximum Gasteiger partial charge on any atom is 0.268 e. The third-order valence-corrected chi connectivity index (χ3v) is 6.69. The largest absolute Gasteiger partial charge is 0.369 e. The smallest absolute Gasteiger partial charge is 0.268 e. The number of nitrogens with two attached hydrogens (primary N) is 1. The van der Waals surface area contributed by atoms with Crippen molar-refractivity contribution in [2.75, 3.05) is 50.0 Å². The number of rotatable bonds is 6. The van der Waals surface area contributed by atoms with E-state index in [2.05, 4.69) is 57.9 Å². The second-order valence-corrected chi connectivity index (χ2v) is 8.86. The molecule has 33 heavy (non-hydrogen) atoms. The van der Waals surface area contributed by atoms with Gasteiger partial charge < -0.3 is 30.7 Å². The molecule has 176 valence electrons. The Morgan fingerprint density at radius 3 is 2.79 bits per heavy atom. The van der Waals surface area contributed by atoms with Crippen LogP contribution in [-0.2, 0) is 0 Å². The molecule has 0 saturated carbocycles. The number of guanidine groups is 1. The van der Waals surface area contributed by atoms with E-state index in [1.165, 1.54) is 0 Å². The molecule has 1 saturated heterocycles. The number of nitrogens with zero attached hydrogens (tertiary/aromatic N) is 5. The fourth-order valence-electron chi connectivity index (χ4n) is 4.41. The number of nitrogens with one attached hydrogen (secondary N) is 2. The van der Waals surface area contributed by atoms with Crippen molar-refractivity contribution >= 4 is 35.3 Å². The number of anilines is 2. The van der Waals surface area contributed by atoms with E-state index in [9.17, 15) is 4.79 Å². The Morgan fingerprint density at radius 2 is 2.15 bits per heavy atom. The first-order chi connectivity index (χ1) is 15.9. The number of aromatic nitrogens is 2. The van der Waals surface area contributed by atoms with Crippen LogP contribution in [0.2, 0.25) is 0 Å². The highest BCUT2D eigenvalue weighted by Crippen LogP contribution is 2.35. The first-order valence-corrected chi connectivity index (χ1v) is 11.6. The molecule has 2 aliphatic heterocycles. The van der Waals surface area contributed by atoms with Crippen molar-refractivity contribution in [2.45, 2.75) is 26.3 Å². The molecule has 1 fully saturated rings. The lowest BCUT2D eigenvalue weighted by molar-refractivity contribution is 0.0903. The molecule has 0 radical (unpaired) electrons. The maximum absolute atomic E-state index is 12.5. The van der Waals surface area contributed by atoms with Gasteiger partial charge >= 0.3 is 0 Å². The van der Waals surface area contributed by atoms with E-state index in [1.807, 2.05) is 29.0 Å². The zero-order valence-corrected chi connectivity index (χ0v) is 19.7. The van der Waals surface area contributed by atoms with Gasteiger partial charge in [-0.1, -0.05) is 32.9 Å². The summed E-state index contributed by atoms with van der Waals surface area (Å²) in [5.74, 6) is 1.73. The van der Waals surface area contributed by atoms with Crippen LogP contribution < -0.4 is 21.3 Å². The van der Waals surface area contributed by atoms with E-state index >= 15 is 0 Å². The monoisotopic (exact) mass is 450 g/mol. The summed E-state index contributed by atoms with van der Waals surface area (Å²) in [5, 5.41) is 6.08. The molecular weight excluding hydrogens is 416 g/mol. The molecule has 4 heterocycles. The SMILES string of the molecule is C=Cc1cc2n(c1N=C(N)Nc1ccc(N3CCN(C)CC3)cn1)[C@@H](C(C)CC)CNC2=O. The van der Waals surface area contributed by atoms with Gasteiger partial charge in [0.25, 0.3) is 5.91 Å². The molecular formula is C24H34N8O. The summed E-state index contributed by atoms with van der Waals surface area (Å²) in [6, 6.07) is 5.88. The maximum atomic E-state index is 12.5. The molecule has 2 aliphatic rings. The fraction of sp³-hybridized carbons (Fsp3) is 0.458. The van der Waals surface area contributed by atoms with E-state index < -0.39 is 0 Å². The Morgan fingerprint density at radius 1 is 1.39 bits per heavy atom. The van der Waals surface area contributed by atoms with Gasteiger partial charge in [-0.2, -0.15) is 4.99 Å². The zero-order valence-electron chi connectivity index (χ0n) is 19.7. The highest BCUT2D eigenvalue weighted by Gasteiger charge is 2.31. The van der Waals surface area contributed by atoms with Gasteiger partial charge in [-0.15, -0.1) is 0 Å². The summed E-state index contributed by atoms with van der Waals surface area (Å²) < 4.78 is 2.00. The lowest BCUT2D eigenvalue weighted by Gasteiger charge is -2.33. The third kappa shape index (κ3) is 4.73. The van der Waals surface area contributed by atoms with Crippen molar-refractivity contribution in [3.8, 4) is 0 Å². The number of amides is 1. The Balaban J connectivity index is 1.57. The number of fused-ring (bicyclic) bond motifs is 1. The molecule has 0 aromatic carbocycles. The summed E-state index contributed by atoms with van der Waals surface area (Å²) in [7, 11) is 2.14. The van der Waals surface area contributed by atoms with Crippen molar-refractivity contribution in [2.24, 2.45) is 16.6 Å². The predicted molar refractivity (Wildman–Crippen MR) is 134 cm³/mol.